The number of benzene rings is 1. The maximum atomic E-state index is 13.2. The molecule has 1 heterocycles. The summed E-state index contributed by atoms with van der Waals surface area (Å²) in [5, 5.41) is 3.29. The Balaban J connectivity index is 0.00000162. The molecule has 2 nitrogen and oxygen atoms in total. The van der Waals surface area contributed by atoms with Crippen molar-refractivity contribution in [3.05, 3.63) is 35.4 Å². The molecule has 1 aliphatic rings. The van der Waals surface area contributed by atoms with Crippen molar-refractivity contribution in [2.45, 2.75) is 19.4 Å². The first-order valence-electron chi connectivity index (χ1n) is 6.12. The minimum absolute atomic E-state index is 0. The van der Waals surface area contributed by atoms with Gasteiger partial charge < -0.3 is 5.32 Å². The Kier molecular flexibility index (Phi) is 5.99. The minimum atomic E-state index is -0.774. The van der Waals surface area contributed by atoms with E-state index in [2.05, 4.69) is 17.1 Å². The van der Waals surface area contributed by atoms with Crippen molar-refractivity contribution in [2.75, 3.05) is 26.2 Å². The second kappa shape index (κ2) is 7.02. The molecule has 0 spiro atoms. The highest BCUT2D eigenvalue weighted by atomic mass is 35.5. The predicted molar refractivity (Wildman–Crippen MR) is 71.1 cm³/mol. The molecule has 102 valence electrons. The van der Waals surface area contributed by atoms with E-state index in [0.717, 1.165) is 38.2 Å². The summed E-state index contributed by atoms with van der Waals surface area (Å²) in [6, 6.07) is 4.42. The van der Waals surface area contributed by atoms with Crippen LogP contribution in [0.25, 0.3) is 0 Å². The quantitative estimate of drug-likeness (QED) is 0.913. The molecule has 1 aromatic carbocycles. The molecule has 1 N–H and O–H groups in total. The number of rotatable bonds is 3. The number of hydrogen-bond donors (Lipinski definition) is 1. The normalized spacial score (nSPS) is 18.2. The van der Waals surface area contributed by atoms with Crippen LogP contribution in [0.1, 0.15) is 24.9 Å². The van der Waals surface area contributed by atoms with E-state index in [1.807, 2.05) is 0 Å². The van der Waals surface area contributed by atoms with Crippen LogP contribution in [0.4, 0.5) is 8.78 Å². The van der Waals surface area contributed by atoms with Gasteiger partial charge in [-0.25, -0.2) is 8.78 Å². The zero-order valence-corrected chi connectivity index (χ0v) is 11.3. The van der Waals surface area contributed by atoms with Gasteiger partial charge in [0.05, 0.1) is 0 Å². The highest BCUT2D eigenvalue weighted by Gasteiger charge is 2.21. The summed E-state index contributed by atoms with van der Waals surface area (Å²) in [6.07, 6.45) is 0.908. The first-order valence-corrected chi connectivity index (χ1v) is 6.12. The Bertz CT molecular complexity index is 381. The molecule has 0 saturated carbocycles. The summed E-state index contributed by atoms with van der Waals surface area (Å²) in [5.41, 5.74) is 0.869. The van der Waals surface area contributed by atoms with Crippen LogP contribution in [0.2, 0.25) is 0 Å². The third kappa shape index (κ3) is 3.40. The van der Waals surface area contributed by atoms with Gasteiger partial charge in [-0.05, 0) is 24.1 Å². The first-order chi connectivity index (χ1) is 8.22. The molecule has 0 aliphatic carbocycles. The number of halogens is 3. The van der Waals surface area contributed by atoms with Crippen LogP contribution in [0.5, 0.6) is 0 Å². The third-order valence-corrected chi connectivity index (χ3v) is 3.31. The van der Waals surface area contributed by atoms with Crippen molar-refractivity contribution in [2.24, 2.45) is 0 Å². The van der Waals surface area contributed by atoms with E-state index in [4.69, 9.17) is 0 Å². The van der Waals surface area contributed by atoms with Crippen molar-refractivity contribution in [3.8, 4) is 0 Å². The monoisotopic (exact) mass is 276 g/mol. The van der Waals surface area contributed by atoms with Crippen LogP contribution in [0.3, 0.4) is 0 Å². The van der Waals surface area contributed by atoms with Crippen molar-refractivity contribution in [1.29, 1.82) is 0 Å². The van der Waals surface area contributed by atoms with Crippen LogP contribution in [0, 0.1) is 11.6 Å². The van der Waals surface area contributed by atoms with E-state index < -0.39 is 11.6 Å². The number of hydrogen-bond acceptors (Lipinski definition) is 2. The van der Waals surface area contributed by atoms with Crippen LogP contribution in [-0.2, 0) is 0 Å². The Labute approximate surface area is 113 Å². The lowest BCUT2D eigenvalue weighted by Crippen LogP contribution is -2.45. The first kappa shape index (κ1) is 15.3. The van der Waals surface area contributed by atoms with Crippen molar-refractivity contribution < 1.29 is 8.78 Å². The Morgan fingerprint density at radius 3 is 2.44 bits per heavy atom. The van der Waals surface area contributed by atoms with Gasteiger partial charge in [-0.2, -0.15) is 0 Å². The predicted octanol–water partition coefficient (Wildman–Crippen LogP) is 2.74. The Morgan fingerprint density at radius 1 is 1.22 bits per heavy atom. The average molecular weight is 277 g/mol. The van der Waals surface area contributed by atoms with Gasteiger partial charge in [0.25, 0.3) is 0 Å². The van der Waals surface area contributed by atoms with Gasteiger partial charge in [0.15, 0.2) is 11.6 Å². The summed E-state index contributed by atoms with van der Waals surface area (Å²) in [5.74, 6) is -1.53. The lowest BCUT2D eigenvalue weighted by Gasteiger charge is -2.34. The molecular weight excluding hydrogens is 258 g/mol. The van der Waals surface area contributed by atoms with E-state index in [-0.39, 0.29) is 18.4 Å². The summed E-state index contributed by atoms with van der Waals surface area (Å²) in [7, 11) is 0. The molecule has 5 heteroatoms. The highest BCUT2D eigenvalue weighted by molar-refractivity contribution is 5.85. The fourth-order valence-corrected chi connectivity index (χ4v) is 2.42. The molecule has 1 fully saturated rings. The summed E-state index contributed by atoms with van der Waals surface area (Å²) < 4.78 is 26.1. The van der Waals surface area contributed by atoms with Gasteiger partial charge in [-0.1, -0.05) is 13.0 Å². The smallest absolute Gasteiger partial charge is 0.159 e. The molecular formula is C13H19ClF2N2. The van der Waals surface area contributed by atoms with E-state index >= 15 is 0 Å². The van der Waals surface area contributed by atoms with E-state index in [0.29, 0.717) is 0 Å². The Hall–Kier alpha value is -0.710. The number of nitrogens with zero attached hydrogens (tertiary/aromatic N) is 1. The molecule has 18 heavy (non-hydrogen) atoms. The minimum Gasteiger partial charge on any atom is -0.314 e. The molecule has 0 amide bonds. The molecule has 2 rings (SSSR count). The van der Waals surface area contributed by atoms with Gasteiger partial charge in [-0.3, -0.25) is 4.90 Å². The lowest BCUT2D eigenvalue weighted by molar-refractivity contribution is 0.169. The molecule has 0 radical (unpaired) electrons. The Morgan fingerprint density at radius 2 is 1.89 bits per heavy atom. The molecule has 0 aromatic heterocycles. The second-order valence-electron chi connectivity index (χ2n) is 4.38. The fourth-order valence-electron chi connectivity index (χ4n) is 2.42. The molecule has 1 aromatic rings. The standard InChI is InChI=1S/C13H18F2N2.ClH/c1-2-13(17-7-5-16-6-8-17)10-3-4-11(14)12(15)9-10;/h3-4,9,13,16H,2,5-8H2,1H3;1H/t13-;/m0./s1. The average Bonchev–Trinajstić information content (AvgIpc) is 2.36. The highest BCUT2D eigenvalue weighted by Crippen LogP contribution is 2.25. The zero-order valence-electron chi connectivity index (χ0n) is 10.5. The van der Waals surface area contributed by atoms with Crippen LogP contribution in [0.15, 0.2) is 18.2 Å². The van der Waals surface area contributed by atoms with Crippen molar-refractivity contribution in [3.63, 3.8) is 0 Å². The topological polar surface area (TPSA) is 15.3 Å². The van der Waals surface area contributed by atoms with E-state index in [1.165, 1.54) is 12.1 Å². The lowest BCUT2D eigenvalue weighted by atomic mass is 10.0. The van der Waals surface area contributed by atoms with E-state index in [9.17, 15) is 8.78 Å². The fraction of sp³-hybridized carbons (Fsp3) is 0.538. The maximum Gasteiger partial charge on any atom is 0.159 e. The maximum absolute atomic E-state index is 13.2. The van der Waals surface area contributed by atoms with Crippen LogP contribution in [-0.4, -0.2) is 31.1 Å². The SMILES string of the molecule is CC[C@@H](c1ccc(F)c(F)c1)N1CCNCC1.Cl. The van der Waals surface area contributed by atoms with Crippen molar-refractivity contribution in [1.82, 2.24) is 10.2 Å². The molecule has 1 atom stereocenters. The van der Waals surface area contributed by atoms with Crippen LogP contribution < -0.4 is 5.32 Å². The van der Waals surface area contributed by atoms with Gasteiger partial charge in [0.2, 0.25) is 0 Å². The van der Waals surface area contributed by atoms with E-state index in [1.54, 1.807) is 6.07 Å². The summed E-state index contributed by atoms with van der Waals surface area (Å²) in [4.78, 5) is 2.32. The van der Waals surface area contributed by atoms with Gasteiger partial charge in [-0.15, -0.1) is 12.4 Å². The van der Waals surface area contributed by atoms with Crippen LogP contribution >= 0.6 is 12.4 Å². The summed E-state index contributed by atoms with van der Waals surface area (Å²) in [6.45, 7) is 5.91. The molecule has 0 bridgehead atoms. The molecule has 1 aliphatic heterocycles. The third-order valence-electron chi connectivity index (χ3n) is 3.31. The number of piperazine rings is 1. The van der Waals surface area contributed by atoms with Gasteiger partial charge >= 0.3 is 0 Å². The van der Waals surface area contributed by atoms with Gasteiger partial charge in [0, 0.05) is 32.2 Å². The zero-order chi connectivity index (χ0) is 12.3. The number of nitrogens with one attached hydrogen (secondary N) is 1. The summed E-state index contributed by atoms with van der Waals surface area (Å²) >= 11 is 0. The molecule has 1 saturated heterocycles. The molecule has 0 unspecified atom stereocenters. The largest absolute Gasteiger partial charge is 0.314 e. The van der Waals surface area contributed by atoms with Crippen molar-refractivity contribution >= 4 is 12.4 Å². The van der Waals surface area contributed by atoms with Gasteiger partial charge in [0.1, 0.15) is 0 Å². The second-order valence-corrected chi connectivity index (χ2v) is 4.38.